The van der Waals surface area contributed by atoms with Gasteiger partial charge in [0.15, 0.2) is 0 Å². The summed E-state index contributed by atoms with van der Waals surface area (Å²) in [4.78, 5) is 28.5. The summed E-state index contributed by atoms with van der Waals surface area (Å²) in [6, 6.07) is 4.79. The van der Waals surface area contributed by atoms with Gasteiger partial charge in [-0.1, -0.05) is 0 Å². The van der Waals surface area contributed by atoms with Crippen LogP contribution in [0.2, 0.25) is 8.87 Å². The van der Waals surface area contributed by atoms with Crippen LogP contribution < -0.4 is 0 Å². The average Bonchev–Trinajstić information content (AvgIpc) is 2.50. The van der Waals surface area contributed by atoms with Gasteiger partial charge in [0, 0.05) is 0 Å². The first-order valence-electron chi connectivity index (χ1n) is 7.54. The van der Waals surface area contributed by atoms with Crippen molar-refractivity contribution >= 4 is 31.1 Å². The van der Waals surface area contributed by atoms with E-state index >= 15 is 0 Å². The van der Waals surface area contributed by atoms with Gasteiger partial charge in [-0.05, 0) is 0 Å². The van der Waals surface area contributed by atoms with Crippen LogP contribution in [0.4, 0.5) is 0 Å². The molecule has 0 amide bonds. The van der Waals surface area contributed by atoms with Crippen molar-refractivity contribution in [2.24, 2.45) is 0 Å². The number of unbranched alkanes of at least 4 members (excludes halogenated alkanes) is 2. The third-order valence-corrected chi connectivity index (χ3v) is 13.1. The molecule has 0 radical (unpaired) electrons. The second kappa shape index (κ2) is 7.24. The average molecular weight is 398 g/mol. The summed E-state index contributed by atoms with van der Waals surface area (Å²) in [5.74, 6) is -0.875. The Balaban J connectivity index is 2.33. The van der Waals surface area contributed by atoms with E-state index in [2.05, 4.69) is 18.8 Å². The summed E-state index contributed by atoms with van der Waals surface area (Å²) in [5, 5.41) is 0. The normalized spacial score (nSPS) is 16.7. The van der Waals surface area contributed by atoms with E-state index < -0.39 is 31.1 Å². The Morgan fingerprint density at radius 3 is 1.86 bits per heavy atom. The zero-order valence-electron chi connectivity index (χ0n) is 12.6. The monoisotopic (exact) mass is 399 g/mol. The SMILES string of the molecule is CCC[CH2][Sn-]1([CH2]CCC)[O]C(=O)c2cccc(n2)C(=O)[O]1. The van der Waals surface area contributed by atoms with Crippen molar-refractivity contribution in [2.45, 2.75) is 48.4 Å². The minimum absolute atomic E-state index is 0.207. The Kier molecular flexibility index (Phi) is 5.61. The van der Waals surface area contributed by atoms with E-state index in [0.29, 0.717) is 0 Å². The van der Waals surface area contributed by atoms with Crippen LogP contribution in [0.5, 0.6) is 0 Å². The molecule has 6 heteroatoms. The Labute approximate surface area is 130 Å². The van der Waals surface area contributed by atoms with Crippen LogP contribution in [-0.4, -0.2) is 36.1 Å². The third-order valence-electron chi connectivity index (χ3n) is 3.55. The minimum atomic E-state index is -3.72. The number of aromatic nitrogens is 1. The molecular formula is C15H21NO4Sn-. The molecule has 0 spiro atoms. The van der Waals surface area contributed by atoms with Crippen molar-refractivity contribution in [2.75, 3.05) is 0 Å². The number of carbonyl (C=O) groups excluding carboxylic acids is 2. The van der Waals surface area contributed by atoms with E-state index in [-0.39, 0.29) is 11.4 Å². The molecule has 115 valence electrons. The van der Waals surface area contributed by atoms with E-state index in [9.17, 15) is 9.59 Å². The van der Waals surface area contributed by atoms with Crippen LogP contribution in [0, 0.1) is 0 Å². The van der Waals surface area contributed by atoms with Gasteiger partial charge in [0.05, 0.1) is 0 Å². The number of carbonyl (C=O) groups is 2. The molecule has 0 atom stereocenters. The number of hydrogen-bond donors (Lipinski definition) is 0. The summed E-state index contributed by atoms with van der Waals surface area (Å²) < 4.78 is 13.0. The standard InChI is InChI=1S/C7H5NO4.2C4H9.Sn/c9-6(10)4-2-1-3-5(8-4)7(11)12;2*1-3-4-2;/h1-3H,(H,9,10)(H,11,12);2*1,3-4H2,2H3;/q;;;+1/p-2. The summed E-state index contributed by atoms with van der Waals surface area (Å²) in [7, 11) is 0. The van der Waals surface area contributed by atoms with Gasteiger partial charge in [-0.15, -0.1) is 0 Å². The first-order valence-corrected chi connectivity index (χ1v) is 13.9. The van der Waals surface area contributed by atoms with E-state index in [1.54, 1.807) is 18.2 Å². The maximum atomic E-state index is 12.3. The van der Waals surface area contributed by atoms with Gasteiger partial charge in [-0.2, -0.15) is 0 Å². The van der Waals surface area contributed by atoms with Crippen molar-refractivity contribution < 1.29 is 15.7 Å². The molecule has 0 fully saturated rings. The van der Waals surface area contributed by atoms with Gasteiger partial charge < -0.3 is 0 Å². The van der Waals surface area contributed by atoms with E-state index in [4.69, 9.17) is 6.15 Å². The molecule has 1 aliphatic heterocycles. The van der Waals surface area contributed by atoms with Gasteiger partial charge in [0.1, 0.15) is 0 Å². The van der Waals surface area contributed by atoms with Crippen LogP contribution >= 0.6 is 0 Å². The molecule has 0 unspecified atom stereocenters. The predicted molar refractivity (Wildman–Crippen MR) is 80.3 cm³/mol. The number of rotatable bonds is 6. The zero-order chi connectivity index (χ0) is 15.3. The fourth-order valence-electron chi connectivity index (χ4n) is 2.35. The van der Waals surface area contributed by atoms with Crippen LogP contribution in [0.3, 0.4) is 0 Å². The maximum absolute atomic E-state index is 12.3. The molecule has 0 saturated carbocycles. The molecule has 0 N–H and O–H groups in total. The summed E-state index contributed by atoms with van der Waals surface area (Å²) >= 11 is -3.72. The quantitative estimate of drug-likeness (QED) is 0.687. The molecule has 21 heavy (non-hydrogen) atoms. The van der Waals surface area contributed by atoms with E-state index in [1.807, 2.05) is 0 Å². The summed E-state index contributed by atoms with van der Waals surface area (Å²) in [5.41, 5.74) is 0.413. The number of hydrogen-bond acceptors (Lipinski definition) is 5. The molecule has 0 aliphatic carbocycles. The second-order valence-corrected chi connectivity index (χ2v) is 14.5. The number of pyridine rings is 1. The molecule has 0 saturated heterocycles. The van der Waals surface area contributed by atoms with Gasteiger partial charge >= 0.3 is 130 Å². The van der Waals surface area contributed by atoms with Crippen molar-refractivity contribution in [1.29, 1.82) is 0 Å². The van der Waals surface area contributed by atoms with Gasteiger partial charge in [-0.25, -0.2) is 0 Å². The van der Waals surface area contributed by atoms with Crippen LogP contribution in [-0.2, 0) is 6.15 Å². The molecule has 1 aromatic heterocycles. The van der Waals surface area contributed by atoms with Crippen LogP contribution in [0.25, 0.3) is 0 Å². The molecule has 1 aromatic rings. The van der Waals surface area contributed by atoms with Crippen molar-refractivity contribution in [3.63, 3.8) is 0 Å². The van der Waals surface area contributed by atoms with Gasteiger partial charge in [-0.3, -0.25) is 0 Å². The molecule has 0 aromatic carbocycles. The van der Waals surface area contributed by atoms with Crippen LogP contribution in [0.1, 0.15) is 60.5 Å². The van der Waals surface area contributed by atoms with Gasteiger partial charge in [0.25, 0.3) is 0 Å². The number of nitrogens with zero attached hydrogens (tertiary/aromatic N) is 1. The van der Waals surface area contributed by atoms with Crippen molar-refractivity contribution in [3.8, 4) is 0 Å². The fourth-order valence-corrected chi connectivity index (χ4v) is 12.0. The Morgan fingerprint density at radius 2 is 1.43 bits per heavy atom. The van der Waals surface area contributed by atoms with Gasteiger partial charge in [0.2, 0.25) is 0 Å². The van der Waals surface area contributed by atoms with Crippen LogP contribution in [0.15, 0.2) is 18.2 Å². The number of fused-ring (bicyclic) bond motifs is 2. The second-order valence-electron chi connectivity index (χ2n) is 5.30. The summed E-state index contributed by atoms with van der Waals surface area (Å²) in [6.07, 6.45) is 3.82. The molecule has 1 aliphatic rings. The van der Waals surface area contributed by atoms with E-state index in [0.717, 1.165) is 34.6 Å². The Hall–Kier alpha value is -1.11. The predicted octanol–water partition coefficient (Wildman–Crippen LogP) is 3.45. The first kappa shape index (κ1) is 16.3. The first-order chi connectivity index (χ1) is 10.1. The Bertz CT molecular complexity index is 489. The topological polar surface area (TPSA) is 65.5 Å². The molecular weight excluding hydrogens is 377 g/mol. The molecule has 2 bridgehead atoms. The Morgan fingerprint density at radius 1 is 0.952 bits per heavy atom. The van der Waals surface area contributed by atoms with Crippen molar-refractivity contribution in [3.05, 3.63) is 29.6 Å². The molecule has 2 rings (SSSR count). The third kappa shape index (κ3) is 3.96. The fraction of sp³-hybridized carbons (Fsp3) is 0.533. The molecule has 5 nitrogen and oxygen atoms in total. The summed E-state index contributed by atoms with van der Waals surface area (Å²) in [6.45, 7) is 4.16. The van der Waals surface area contributed by atoms with E-state index in [1.165, 1.54) is 0 Å². The molecule has 2 heterocycles. The zero-order valence-corrected chi connectivity index (χ0v) is 15.4. The van der Waals surface area contributed by atoms with Crippen molar-refractivity contribution in [1.82, 2.24) is 4.98 Å².